The quantitative estimate of drug-likeness (QED) is 0.387. The molecule has 4 nitrogen and oxygen atoms in total. The fourth-order valence-electron chi connectivity index (χ4n) is 3.84. The number of hydrogen-bond donors (Lipinski definition) is 0. The normalized spacial score (nSPS) is 11.5. The summed E-state index contributed by atoms with van der Waals surface area (Å²) in [6.45, 7) is 8.34. The summed E-state index contributed by atoms with van der Waals surface area (Å²) in [7, 11) is 1.61. The lowest BCUT2D eigenvalue weighted by Crippen LogP contribution is -2.03. The Morgan fingerprint density at radius 3 is 2.48 bits per heavy atom. The van der Waals surface area contributed by atoms with Crippen molar-refractivity contribution in [1.29, 1.82) is 0 Å². The lowest BCUT2D eigenvalue weighted by Gasteiger charge is -2.13. The summed E-state index contributed by atoms with van der Waals surface area (Å²) in [5.74, 6) is -0.0482. The van der Waals surface area contributed by atoms with Gasteiger partial charge in [-0.25, -0.2) is 18.7 Å². The van der Waals surface area contributed by atoms with E-state index >= 15 is 0 Å². The Morgan fingerprint density at radius 1 is 1.00 bits per heavy atom. The van der Waals surface area contributed by atoms with Gasteiger partial charge in [-0.1, -0.05) is 13.8 Å². The van der Waals surface area contributed by atoms with E-state index in [4.69, 9.17) is 9.72 Å². The Labute approximate surface area is 180 Å². The summed E-state index contributed by atoms with van der Waals surface area (Å²) < 4.78 is 35.3. The number of pyridine rings is 2. The second-order valence-corrected chi connectivity index (χ2v) is 8.15. The summed E-state index contributed by atoms with van der Waals surface area (Å²) in [6, 6.07) is 9.54. The van der Waals surface area contributed by atoms with Crippen LogP contribution in [0.4, 0.5) is 8.78 Å². The Morgan fingerprint density at radius 2 is 1.77 bits per heavy atom. The number of aryl methyl sites for hydroxylation is 2. The van der Waals surface area contributed by atoms with Crippen LogP contribution >= 0.6 is 0 Å². The monoisotopic (exact) mass is 421 g/mol. The van der Waals surface area contributed by atoms with E-state index in [9.17, 15) is 8.78 Å². The topological polar surface area (TPSA) is 39.9 Å². The van der Waals surface area contributed by atoms with Gasteiger partial charge in [0.05, 0.1) is 35.9 Å². The molecule has 0 unspecified atom stereocenters. The van der Waals surface area contributed by atoms with Gasteiger partial charge in [0.15, 0.2) is 0 Å². The van der Waals surface area contributed by atoms with Crippen LogP contribution < -0.4 is 4.74 Å². The summed E-state index contributed by atoms with van der Waals surface area (Å²) in [5, 5.41) is 0. The van der Waals surface area contributed by atoms with E-state index in [0.29, 0.717) is 17.4 Å². The maximum absolute atomic E-state index is 14.2. The van der Waals surface area contributed by atoms with Crippen LogP contribution in [0.3, 0.4) is 0 Å². The molecule has 3 aromatic heterocycles. The van der Waals surface area contributed by atoms with Crippen molar-refractivity contribution in [1.82, 2.24) is 14.5 Å². The highest BCUT2D eigenvalue weighted by molar-refractivity contribution is 5.85. The van der Waals surface area contributed by atoms with Crippen LogP contribution in [0.2, 0.25) is 0 Å². The highest BCUT2D eigenvalue weighted by atomic mass is 19.1. The molecule has 0 atom stereocenters. The predicted octanol–water partition coefficient (Wildman–Crippen LogP) is 6.17. The van der Waals surface area contributed by atoms with Gasteiger partial charge in [-0.15, -0.1) is 0 Å². The van der Waals surface area contributed by atoms with E-state index in [1.165, 1.54) is 6.07 Å². The molecule has 0 fully saturated rings. The van der Waals surface area contributed by atoms with Crippen molar-refractivity contribution in [3.63, 3.8) is 0 Å². The van der Waals surface area contributed by atoms with Gasteiger partial charge in [0.25, 0.3) is 0 Å². The van der Waals surface area contributed by atoms with Gasteiger partial charge in [0.1, 0.15) is 11.6 Å². The van der Waals surface area contributed by atoms with E-state index in [2.05, 4.69) is 18.8 Å². The minimum atomic E-state index is -0.453. The van der Waals surface area contributed by atoms with Crippen LogP contribution in [0.15, 0.2) is 42.6 Å². The highest BCUT2D eigenvalue weighted by Crippen LogP contribution is 2.34. The molecule has 0 bridgehead atoms. The van der Waals surface area contributed by atoms with E-state index in [1.54, 1.807) is 7.11 Å². The molecular weight excluding hydrogens is 396 g/mol. The van der Waals surface area contributed by atoms with Crippen LogP contribution in [-0.4, -0.2) is 21.6 Å². The number of aromatic nitrogens is 3. The summed E-state index contributed by atoms with van der Waals surface area (Å²) in [5.41, 5.74) is 6.47. The van der Waals surface area contributed by atoms with Crippen LogP contribution in [0.1, 0.15) is 42.1 Å². The molecule has 0 N–H and O–H groups in total. The fourth-order valence-corrected chi connectivity index (χ4v) is 3.84. The number of rotatable bonds is 5. The van der Waals surface area contributed by atoms with Crippen LogP contribution in [0.25, 0.3) is 22.3 Å². The predicted molar refractivity (Wildman–Crippen MR) is 119 cm³/mol. The van der Waals surface area contributed by atoms with Gasteiger partial charge in [-0.05, 0) is 67.3 Å². The van der Waals surface area contributed by atoms with Crippen LogP contribution in [0, 0.1) is 25.5 Å². The largest absolute Gasteiger partial charge is 0.480 e. The number of fused-ring (bicyclic) bond motifs is 1. The Balaban J connectivity index is 1.82. The zero-order valence-corrected chi connectivity index (χ0v) is 18.3. The van der Waals surface area contributed by atoms with Gasteiger partial charge in [-0.3, -0.25) is 0 Å². The maximum Gasteiger partial charge on any atom is 0.222 e. The van der Waals surface area contributed by atoms with E-state index in [0.717, 1.165) is 51.2 Å². The van der Waals surface area contributed by atoms with Gasteiger partial charge in [0, 0.05) is 17.5 Å². The zero-order valence-electron chi connectivity index (χ0n) is 18.3. The molecule has 0 saturated heterocycles. The highest BCUT2D eigenvalue weighted by Gasteiger charge is 2.17. The fraction of sp³-hybridized carbons (Fsp3) is 0.280. The Hall–Kier alpha value is -3.28. The summed E-state index contributed by atoms with van der Waals surface area (Å²) >= 11 is 0. The number of benzene rings is 1. The van der Waals surface area contributed by atoms with E-state index < -0.39 is 11.6 Å². The third kappa shape index (κ3) is 3.90. The van der Waals surface area contributed by atoms with E-state index in [1.807, 2.05) is 42.8 Å². The second-order valence-electron chi connectivity index (χ2n) is 8.15. The van der Waals surface area contributed by atoms with Crippen molar-refractivity contribution in [2.45, 2.75) is 40.2 Å². The molecule has 0 aliphatic heterocycles. The molecule has 0 radical (unpaired) electrons. The number of methoxy groups -OCH3 is 1. The average Bonchev–Trinajstić information content (AvgIpc) is 3.03. The molecule has 0 aliphatic carbocycles. The number of hydrogen-bond acceptors (Lipinski definition) is 3. The van der Waals surface area contributed by atoms with Crippen molar-refractivity contribution in [2.75, 3.05) is 7.11 Å². The van der Waals surface area contributed by atoms with Crippen LogP contribution in [0.5, 0.6) is 5.88 Å². The third-order valence-corrected chi connectivity index (χ3v) is 5.50. The minimum absolute atomic E-state index is 0.225. The van der Waals surface area contributed by atoms with Gasteiger partial charge in [0.2, 0.25) is 5.88 Å². The SMILES string of the molecule is COc1nc(C(C)C)ccc1-c1nc2c(C)cn(Cc3cc(F)ccc3F)c2cc1C. The molecule has 0 amide bonds. The summed E-state index contributed by atoms with van der Waals surface area (Å²) in [6.07, 6.45) is 1.92. The number of ether oxygens (including phenoxy) is 1. The molecule has 0 spiro atoms. The smallest absolute Gasteiger partial charge is 0.222 e. The molecule has 0 saturated carbocycles. The minimum Gasteiger partial charge on any atom is -0.480 e. The molecule has 1 aromatic carbocycles. The van der Waals surface area contributed by atoms with Crippen molar-refractivity contribution in [3.8, 4) is 17.1 Å². The molecule has 160 valence electrons. The molecule has 4 rings (SSSR count). The molecule has 31 heavy (non-hydrogen) atoms. The first-order chi connectivity index (χ1) is 14.8. The zero-order chi connectivity index (χ0) is 22.3. The molecule has 3 heterocycles. The number of halogens is 2. The van der Waals surface area contributed by atoms with Gasteiger partial charge < -0.3 is 9.30 Å². The molecular formula is C25H25F2N3O. The lowest BCUT2D eigenvalue weighted by molar-refractivity contribution is 0.397. The van der Waals surface area contributed by atoms with Crippen molar-refractivity contribution in [3.05, 3.63) is 76.6 Å². The summed E-state index contributed by atoms with van der Waals surface area (Å²) in [4.78, 5) is 9.57. The van der Waals surface area contributed by atoms with Gasteiger partial charge >= 0.3 is 0 Å². The second kappa shape index (κ2) is 8.10. The van der Waals surface area contributed by atoms with Gasteiger partial charge in [-0.2, -0.15) is 0 Å². The first-order valence-electron chi connectivity index (χ1n) is 10.2. The lowest BCUT2D eigenvalue weighted by atomic mass is 10.0. The molecule has 6 heteroatoms. The first kappa shape index (κ1) is 21.0. The molecule has 4 aromatic rings. The maximum atomic E-state index is 14.2. The Kier molecular flexibility index (Phi) is 5.48. The molecule has 0 aliphatic rings. The van der Waals surface area contributed by atoms with Crippen molar-refractivity contribution >= 4 is 11.0 Å². The number of nitrogens with zero attached hydrogens (tertiary/aromatic N) is 3. The third-order valence-electron chi connectivity index (χ3n) is 5.50. The van der Waals surface area contributed by atoms with E-state index in [-0.39, 0.29) is 6.54 Å². The Bertz CT molecular complexity index is 1280. The standard InChI is InChI=1S/C25H25F2N3O/c1-14(2)21-9-7-19(25(28-21)31-5)23-15(3)10-22-24(29-23)16(4)12-30(22)13-17-11-18(26)6-8-20(17)27/h6-12,14H,13H2,1-5H3. The first-order valence-corrected chi connectivity index (χ1v) is 10.2. The van der Waals surface area contributed by atoms with Crippen molar-refractivity contribution in [2.24, 2.45) is 0 Å². The van der Waals surface area contributed by atoms with Crippen LogP contribution in [-0.2, 0) is 6.54 Å². The average molecular weight is 421 g/mol. The van der Waals surface area contributed by atoms with Crippen molar-refractivity contribution < 1.29 is 13.5 Å².